The molecule has 0 aliphatic carbocycles. The maximum Gasteiger partial charge on any atom is 0.233 e. The van der Waals surface area contributed by atoms with Crippen LogP contribution in [0.2, 0.25) is 0 Å². The number of hydrogen-bond acceptors (Lipinski definition) is 2. The average molecular weight is 287 g/mol. The summed E-state index contributed by atoms with van der Waals surface area (Å²) in [5.74, 6) is 0.0765. The summed E-state index contributed by atoms with van der Waals surface area (Å²) in [6, 6.07) is 10.9. The molecule has 0 saturated carbocycles. The number of nitrogens with zero attached hydrogens (tertiary/aromatic N) is 1. The van der Waals surface area contributed by atoms with Crippen molar-refractivity contribution in [2.75, 3.05) is 13.1 Å². The van der Waals surface area contributed by atoms with Crippen molar-refractivity contribution in [2.45, 2.75) is 39.3 Å². The van der Waals surface area contributed by atoms with Crippen molar-refractivity contribution in [1.82, 2.24) is 15.2 Å². The second-order valence-electron chi connectivity index (χ2n) is 5.46. The first-order chi connectivity index (χ1) is 10.2. The molecule has 0 saturated heterocycles. The Morgan fingerprint density at radius 3 is 2.90 bits per heavy atom. The highest BCUT2D eigenvalue weighted by molar-refractivity contribution is 5.80. The van der Waals surface area contributed by atoms with E-state index in [1.54, 1.807) is 0 Å². The van der Waals surface area contributed by atoms with Gasteiger partial charge in [0, 0.05) is 30.8 Å². The quantitative estimate of drug-likeness (QED) is 0.733. The summed E-state index contributed by atoms with van der Waals surface area (Å²) < 4.78 is 2.24. The van der Waals surface area contributed by atoms with Crippen molar-refractivity contribution in [3.05, 3.63) is 36.5 Å². The molecule has 1 heterocycles. The molecule has 0 fully saturated rings. The third-order valence-electron chi connectivity index (χ3n) is 3.80. The first-order valence-electron chi connectivity index (χ1n) is 7.74. The molecule has 0 aliphatic rings. The highest BCUT2D eigenvalue weighted by Crippen LogP contribution is 2.15. The third-order valence-corrected chi connectivity index (χ3v) is 3.80. The zero-order valence-electron chi connectivity index (χ0n) is 12.9. The molecule has 2 aromatic rings. The van der Waals surface area contributed by atoms with Gasteiger partial charge in [-0.1, -0.05) is 25.1 Å². The smallest absolute Gasteiger partial charge is 0.233 e. The lowest BCUT2D eigenvalue weighted by atomic mass is 10.2. The Labute approximate surface area is 126 Å². The number of rotatable bonds is 8. The number of amides is 1. The average Bonchev–Trinajstić information content (AvgIpc) is 2.92. The molecule has 21 heavy (non-hydrogen) atoms. The van der Waals surface area contributed by atoms with Gasteiger partial charge in [-0.15, -0.1) is 0 Å². The molecule has 0 radical (unpaired) electrons. The summed E-state index contributed by atoms with van der Waals surface area (Å²) >= 11 is 0. The summed E-state index contributed by atoms with van der Waals surface area (Å²) in [5.41, 5.74) is 1.25. The van der Waals surface area contributed by atoms with Crippen LogP contribution in [0, 0.1) is 0 Å². The first-order valence-corrected chi connectivity index (χ1v) is 7.74. The van der Waals surface area contributed by atoms with E-state index in [1.165, 1.54) is 10.9 Å². The highest BCUT2D eigenvalue weighted by Gasteiger charge is 2.03. The summed E-state index contributed by atoms with van der Waals surface area (Å²) in [6.45, 7) is 6.24. The van der Waals surface area contributed by atoms with Crippen molar-refractivity contribution < 1.29 is 4.79 Å². The van der Waals surface area contributed by atoms with Gasteiger partial charge in [0.2, 0.25) is 5.91 Å². The van der Waals surface area contributed by atoms with Crippen LogP contribution in [-0.4, -0.2) is 29.6 Å². The van der Waals surface area contributed by atoms with Crippen molar-refractivity contribution in [1.29, 1.82) is 0 Å². The van der Waals surface area contributed by atoms with Crippen LogP contribution < -0.4 is 10.6 Å². The summed E-state index contributed by atoms with van der Waals surface area (Å²) in [6.07, 6.45) is 4.08. The fraction of sp³-hybridized carbons (Fsp3) is 0.471. The molecule has 1 atom stereocenters. The third kappa shape index (κ3) is 4.60. The number of benzene rings is 1. The van der Waals surface area contributed by atoms with Gasteiger partial charge in [0.15, 0.2) is 0 Å². The maximum atomic E-state index is 11.7. The SMILES string of the molecule is CCC(C)NCC(=O)NCCCn1ccc2ccccc21. The molecule has 4 heteroatoms. The summed E-state index contributed by atoms with van der Waals surface area (Å²) in [4.78, 5) is 11.7. The number of carbonyl (C=O) groups excluding carboxylic acids is 1. The lowest BCUT2D eigenvalue weighted by molar-refractivity contribution is -0.120. The van der Waals surface area contributed by atoms with Crippen LogP contribution in [0.5, 0.6) is 0 Å². The van der Waals surface area contributed by atoms with Crippen LogP contribution in [0.1, 0.15) is 26.7 Å². The van der Waals surface area contributed by atoms with Crippen LogP contribution in [0.25, 0.3) is 10.9 Å². The molecule has 1 unspecified atom stereocenters. The van der Waals surface area contributed by atoms with Gasteiger partial charge in [-0.25, -0.2) is 0 Å². The van der Waals surface area contributed by atoms with E-state index in [-0.39, 0.29) is 5.91 Å². The Bertz CT molecular complexity index is 576. The van der Waals surface area contributed by atoms with E-state index in [0.29, 0.717) is 19.1 Å². The molecule has 0 spiro atoms. The molecular weight excluding hydrogens is 262 g/mol. The van der Waals surface area contributed by atoms with Gasteiger partial charge in [-0.3, -0.25) is 4.79 Å². The van der Waals surface area contributed by atoms with Gasteiger partial charge in [0.1, 0.15) is 0 Å². The number of nitrogens with one attached hydrogen (secondary N) is 2. The summed E-state index contributed by atoms with van der Waals surface area (Å²) in [5, 5.41) is 7.41. The Morgan fingerprint density at radius 2 is 2.10 bits per heavy atom. The molecule has 0 bridgehead atoms. The van der Waals surface area contributed by atoms with Crippen LogP contribution in [0.3, 0.4) is 0 Å². The largest absolute Gasteiger partial charge is 0.355 e. The molecule has 1 aromatic heterocycles. The number of aryl methyl sites for hydroxylation is 1. The first kappa shape index (κ1) is 15.6. The van der Waals surface area contributed by atoms with E-state index in [2.05, 4.69) is 65.6 Å². The lowest BCUT2D eigenvalue weighted by Gasteiger charge is -2.11. The zero-order chi connectivity index (χ0) is 15.1. The molecule has 114 valence electrons. The predicted molar refractivity (Wildman–Crippen MR) is 87.3 cm³/mol. The van der Waals surface area contributed by atoms with Crippen molar-refractivity contribution in [3.8, 4) is 0 Å². The van der Waals surface area contributed by atoms with E-state index < -0.39 is 0 Å². The number of carbonyl (C=O) groups is 1. The minimum Gasteiger partial charge on any atom is -0.355 e. The molecule has 4 nitrogen and oxygen atoms in total. The maximum absolute atomic E-state index is 11.7. The zero-order valence-corrected chi connectivity index (χ0v) is 12.9. The van der Waals surface area contributed by atoms with Crippen LogP contribution >= 0.6 is 0 Å². The lowest BCUT2D eigenvalue weighted by Crippen LogP contribution is -2.38. The van der Waals surface area contributed by atoms with Gasteiger partial charge < -0.3 is 15.2 Å². The fourth-order valence-corrected chi connectivity index (χ4v) is 2.29. The fourth-order valence-electron chi connectivity index (χ4n) is 2.29. The van der Waals surface area contributed by atoms with E-state index in [4.69, 9.17) is 0 Å². The number of hydrogen-bond donors (Lipinski definition) is 2. The molecular formula is C17H25N3O. The molecule has 2 rings (SSSR count). The minimum absolute atomic E-state index is 0.0765. The van der Waals surface area contributed by atoms with Crippen LogP contribution in [0.15, 0.2) is 36.5 Å². The highest BCUT2D eigenvalue weighted by atomic mass is 16.1. The van der Waals surface area contributed by atoms with Crippen molar-refractivity contribution in [2.24, 2.45) is 0 Å². The van der Waals surface area contributed by atoms with Gasteiger partial charge in [-0.05, 0) is 37.3 Å². The second kappa shape index (κ2) is 7.84. The Morgan fingerprint density at radius 1 is 1.29 bits per heavy atom. The van der Waals surface area contributed by atoms with Gasteiger partial charge in [0.25, 0.3) is 0 Å². The van der Waals surface area contributed by atoms with E-state index in [9.17, 15) is 4.79 Å². The van der Waals surface area contributed by atoms with E-state index in [1.807, 2.05) is 0 Å². The Balaban J connectivity index is 1.69. The Hall–Kier alpha value is -1.81. The van der Waals surface area contributed by atoms with Gasteiger partial charge in [-0.2, -0.15) is 0 Å². The topological polar surface area (TPSA) is 46.1 Å². The van der Waals surface area contributed by atoms with Crippen molar-refractivity contribution >= 4 is 16.8 Å². The standard InChI is InChI=1S/C17H25N3O/c1-3-14(2)19-13-17(21)18-10-6-11-20-12-9-15-7-4-5-8-16(15)20/h4-5,7-9,12,14,19H,3,6,10-11,13H2,1-2H3,(H,18,21). The van der Waals surface area contributed by atoms with Crippen LogP contribution in [0.4, 0.5) is 0 Å². The van der Waals surface area contributed by atoms with E-state index >= 15 is 0 Å². The summed E-state index contributed by atoms with van der Waals surface area (Å²) in [7, 11) is 0. The number of para-hydroxylation sites is 1. The number of aromatic nitrogens is 1. The van der Waals surface area contributed by atoms with Crippen LogP contribution in [-0.2, 0) is 11.3 Å². The van der Waals surface area contributed by atoms with Gasteiger partial charge in [0.05, 0.1) is 6.54 Å². The van der Waals surface area contributed by atoms with Crippen molar-refractivity contribution in [3.63, 3.8) is 0 Å². The molecule has 1 aromatic carbocycles. The molecule has 1 amide bonds. The molecule has 0 aliphatic heterocycles. The second-order valence-corrected chi connectivity index (χ2v) is 5.46. The molecule has 2 N–H and O–H groups in total. The van der Waals surface area contributed by atoms with Gasteiger partial charge >= 0.3 is 0 Å². The minimum atomic E-state index is 0.0765. The Kier molecular flexibility index (Phi) is 5.81. The van der Waals surface area contributed by atoms with E-state index in [0.717, 1.165) is 19.4 Å². The monoisotopic (exact) mass is 287 g/mol. The predicted octanol–water partition coefficient (Wildman–Crippen LogP) is 2.54. The normalized spacial score (nSPS) is 12.5. The number of fused-ring (bicyclic) bond motifs is 1.